The van der Waals surface area contributed by atoms with Crippen molar-refractivity contribution in [2.75, 3.05) is 12.4 Å². The highest BCUT2D eigenvalue weighted by Crippen LogP contribution is 2.20. The zero-order chi connectivity index (χ0) is 13.9. The molecule has 0 saturated carbocycles. The monoisotopic (exact) mass is 264 g/mol. The van der Waals surface area contributed by atoms with Crippen LogP contribution < -0.4 is 5.32 Å². The van der Waals surface area contributed by atoms with Crippen LogP contribution in [0.4, 0.5) is 5.82 Å². The van der Waals surface area contributed by atoms with Crippen molar-refractivity contribution in [1.82, 2.24) is 15.0 Å². The second-order valence-electron chi connectivity index (χ2n) is 4.56. The summed E-state index contributed by atoms with van der Waals surface area (Å²) in [6.07, 6.45) is 0.873. The van der Waals surface area contributed by atoms with E-state index in [1.54, 1.807) is 0 Å². The van der Waals surface area contributed by atoms with Crippen molar-refractivity contribution in [1.29, 1.82) is 0 Å². The van der Waals surface area contributed by atoms with Gasteiger partial charge >= 0.3 is 0 Å². The highest BCUT2D eigenvalue weighted by atomic mass is 15.0. The number of nitrogens with one attached hydrogen (secondary N) is 1. The Morgan fingerprint density at radius 2 is 1.85 bits per heavy atom. The molecule has 0 atom stereocenters. The first kappa shape index (κ1) is 12.5. The van der Waals surface area contributed by atoms with Gasteiger partial charge in [-0.2, -0.15) is 0 Å². The number of rotatable bonds is 3. The third-order valence-corrected chi connectivity index (χ3v) is 3.23. The molecule has 0 spiro atoms. The van der Waals surface area contributed by atoms with Gasteiger partial charge in [0.05, 0.1) is 5.52 Å². The molecule has 100 valence electrons. The van der Waals surface area contributed by atoms with Crippen molar-refractivity contribution in [3.8, 4) is 11.5 Å². The van der Waals surface area contributed by atoms with Gasteiger partial charge in [-0.1, -0.05) is 31.2 Å². The second-order valence-corrected chi connectivity index (χ2v) is 4.56. The third-order valence-electron chi connectivity index (χ3n) is 3.23. The van der Waals surface area contributed by atoms with Gasteiger partial charge in [-0.25, -0.2) is 15.0 Å². The molecule has 1 N–H and O–H groups in total. The Bertz CT molecular complexity index is 730. The minimum atomic E-state index is 0.666. The van der Waals surface area contributed by atoms with Gasteiger partial charge in [0, 0.05) is 24.2 Å². The maximum absolute atomic E-state index is 4.64. The number of para-hydroxylation sites is 1. The van der Waals surface area contributed by atoms with E-state index in [1.807, 2.05) is 37.4 Å². The minimum absolute atomic E-state index is 0.666. The first-order valence-electron chi connectivity index (χ1n) is 6.72. The summed E-state index contributed by atoms with van der Waals surface area (Å²) in [6.45, 7) is 2.08. The molecule has 0 radical (unpaired) electrons. The molecular weight excluding hydrogens is 248 g/mol. The average molecular weight is 264 g/mol. The molecule has 0 amide bonds. The fraction of sp³-hybridized carbons (Fsp3) is 0.188. The Kier molecular flexibility index (Phi) is 3.29. The fourth-order valence-corrected chi connectivity index (χ4v) is 2.11. The van der Waals surface area contributed by atoms with E-state index in [-0.39, 0.29) is 0 Å². The summed E-state index contributed by atoms with van der Waals surface area (Å²) in [5, 5.41) is 4.19. The molecule has 0 saturated heterocycles. The van der Waals surface area contributed by atoms with Gasteiger partial charge in [0.25, 0.3) is 0 Å². The molecule has 0 aliphatic rings. The summed E-state index contributed by atoms with van der Waals surface area (Å²) >= 11 is 0. The van der Waals surface area contributed by atoms with Gasteiger partial charge in [0.1, 0.15) is 11.5 Å². The molecule has 0 unspecified atom stereocenters. The number of hydrogen-bond acceptors (Lipinski definition) is 4. The Hall–Kier alpha value is -2.49. The largest absolute Gasteiger partial charge is 0.373 e. The van der Waals surface area contributed by atoms with E-state index in [9.17, 15) is 0 Å². The quantitative estimate of drug-likeness (QED) is 0.788. The summed E-state index contributed by atoms with van der Waals surface area (Å²) < 4.78 is 0. The van der Waals surface area contributed by atoms with Gasteiger partial charge in [0.2, 0.25) is 0 Å². The Morgan fingerprint density at radius 3 is 2.65 bits per heavy atom. The summed E-state index contributed by atoms with van der Waals surface area (Å²) in [5.41, 5.74) is 2.77. The third kappa shape index (κ3) is 2.32. The summed E-state index contributed by atoms with van der Waals surface area (Å²) in [7, 11) is 1.86. The van der Waals surface area contributed by atoms with E-state index in [2.05, 4.69) is 39.3 Å². The highest BCUT2D eigenvalue weighted by molar-refractivity contribution is 5.80. The highest BCUT2D eigenvalue weighted by Gasteiger charge is 2.07. The Labute approximate surface area is 117 Å². The van der Waals surface area contributed by atoms with Crippen LogP contribution in [0.2, 0.25) is 0 Å². The van der Waals surface area contributed by atoms with Gasteiger partial charge in [-0.05, 0) is 18.6 Å². The number of benzene rings is 1. The zero-order valence-electron chi connectivity index (χ0n) is 11.6. The van der Waals surface area contributed by atoms with E-state index in [1.165, 1.54) is 0 Å². The molecule has 1 aromatic carbocycles. The summed E-state index contributed by atoms with van der Waals surface area (Å²) in [5.74, 6) is 1.49. The first-order chi connectivity index (χ1) is 9.80. The predicted octanol–water partition coefficient (Wildman–Crippen LogP) is 3.30. The molecule has 3 aromatic rings. The predicted molar refractivity (Wildman–Crippen MR) is 81.7 cm³/mol. The van der Waals surface area contributed by atoms with Crippen LogP contribution in [0.1, 0.15) is 12.6 Å². The van der Waals surface area contributed by atoms with Crippen molar-refractivity contribution in [3.63, 3.8) is 0 Å². The number of aromatic nitrogens is 3. The van der Waals surface area contributed by atoms with Crippen LogP contribution in [0.3, 0.4) is 0 Å². The Morgan fingerprint density at radius 1 is 1.00 bits per heavy atom. The van der Waals surface area contributed by atoms with Crippen LogP contribution in [0, 0.1) is 0 Å². The molecule has 4 heteroatoms. The maximum atomic E-state index is 4.64. The van der Waals surface area contributed by atoms with E-state index >= 15 is 0 Å². The number of pyridine rings is 1. The number of hydrogen-bond donors (Lipinski definition) is 1. The number of aryl methyl sites for hydroxylation is 1. The maximum Gasteiger partial charge on any atom is 0.180 e. The standard InChI is InChI=1S/C16H16N4/c1-3-12-10-15(17-2)20-16(18-12)14-9-8-11-6-4-5-7-13(11)19-14/h4-10H,3H2,1-2H3,(H,17,18,20). The summed E-state index contributed by atoms with van der Waals surface area (Å²) in [6, 6.07) is 14.0. The lowest BCUT2D eigenvalue weighted by Gasteiger charge is -2.07. The normalized spacial score (nSPS) is 10.7. The smallest absolute Gasteiger partial charge is 0.180 e. The average Bonchev–Trinajstić information content (AvgIpc) is 2.53. The van der Waals surface area contributed by atoms with E-state index in [4.69, 9.17) is 0 Å². The SMILES string of the molecule is CCc1cc(NC)nc(-c2ccc3ccccc3n2)n1. The molecule has 2 aromatic heterocycles. The topological polar surface area (TPSA) is 50.7 Å². The van der Waals surface area contributed by atoms with Crippen molar-refractivity contribution < 1.29 is 0 Å². The molecule has 0 aliphatic heterocycles. The molecule has 2 heterocycles. The van der Waals surface area contributed by atoms with Gasteiger partial charge in [-0.3, -0.25) is 0 Å². The number of nitrogens with zero attached hydrogens (tertiary/aromatic N) is 3. The van der Waals surface area contributed by atoms with Crippen LogP contribution in [-0.4, -0.2) is 22.0 Å². The lowest BCUT2D eigenvalue weighted by atomic mass is 10.2. The molecule has 0 aliphatic carbocycles. The second kappa shape index (κ2) is 5.25. The molecular formula is C16H16N4. The van der Waals surface area contributed by atoms with Crippen LogP contribution >= 0.6 is 0 Å². The van der Waals surface area contributed by atoms with Gasteiger partial charge in [-0.15, -0.1) is 0 Å². The van der Waals surface area contributed by atoms with Crippen LogP contribution in [0.25, 0.3) is 22.4 Å². The molecule has 20 heavy (non-hydrogen) atoms. The van der Waals surface area contributed by atoms with Crippen molar-refractivity contribution in [2.45, 2.75) is 13.3 Å². The lowest BCUT2D eigenvalue weighted by Crippen LogP contribution is -2.01. The minimum Gasteiger partial charge on any atom is -0.373 e. The summed E-state index contributed by atoms with van der Waals surface area (Å²) in [4.78, 5) is 13.7. The molecule has 0 fully saturated rings. The van der Waals surface area contributed by atoms with E-state index in [0.717, 1.165) is 34.5 Å². The van der Waals surface area contributed by atoms with Crippen molar-refractivity contribution in [2.24, 2.45) is 0 Å². The fourth-order valence-electron chi connectivity index (χ4n) is 2.11. The van der Waals surface area contributed by atoms with Gasteiger partial charge in [0.15, 0.2) is 5.82 Å². The molecule has 4 nitrogen and oxygen atoms in total. The molecule has 3 rings (SSSR count). The Balaban J connectivity index is 2.14. The lowest BCUT2D eigenvalue weighted by molar-refractivity contribution is 1.00. The van der Waals surface area contributed by atoms with Crippen molar-refractivity contribution in [3.05, 3.63) is 48.2 Å². The number of fused-ring (bicyclic) bond motifs is 1. The van der Waals surface area contributed by atoms with Gasteiger partial charge < -0.3 is 5.32 Å². The number of anilines is 1. The van der Waals surface area contributed by atoms with E-state index in [0.29, 0.717) is 5.82 Å². The zero-order valence-corrected chi connectivity index (χ0v) is 11.6. The first-order valence-corrected chi connectivity index (χ1v) is 6.72. The van der Waals surface area contributed by atoms with Crippen LogP contribution in [0.15, 0.2) is 42.5 Å². The van der Waals surface area contributed by atoms with E-state index < -0.39 is 0 Å². The van der Waals surface area contributed by atoms with Crippen LogP contribution in [-0.2, 0) is 6.42 Å². The van der Waals surface area contributed by atoms with Crippen molar-refractivity contribution >= 4 is 16.7 Å². The van der Waals surface area contributed by atoms with Crippen LogP contribution in [0.5, 0.6) is 0 Å². The molecule has 0 bridgehead atoms.